The van der Waals surface area contributed by atoms with Gasteiger partial charge in [-0.15, -0.1) is 0 Å². The van der Waals surface area contributed by atoms with Crippen molar-refractivity contribution >= 4 is 23.2 Å². The van der Waals surface area contributed by atoms with Gasteiger partial charge in [0.05, 0.1) is 28.8 Å². The molecule has 4 nitrogen and oxygen atoms in total. The molecule has 0 spiro atoms. The van der Waals surface area contributed by atoms with Gasteiger partial charge in [-0.2, -0.15) is 5.26 Å². The third-order valence-electron chi connectivity index (χ3n) is 4.11. The maximum Gasteiger partial charge on any atom is 0.157 e. The number of halogens is 2. The molecule has 1 fully saturated rings. The van der Waals surface area contributed by atoms with Gasteiger partial charge in [0.15, 0.2) is 6.29 Å². The first-order valence-electron chi connectivity index (χ1n) is 7.75. The second-order valence-corrected chi connectivity index (χ2v) is 6.74. The highest BCUT2D eigenvalue weighted by molar-refractivity contribution is 6.42. The van der Waals surface area contributed by atoms with E-state index in [-0.39, 0.29) is 19.0 Å². The molecule has 0 aliphatic carbocycles. The van der Waals surface area contributed by atoms with Crippen LogP contribution in [0.15, 0.2) is 18.2 Å². The zero-order valence-corrected chi connectivity index (χ0v) is 14.6. The maximum atomic E-state index is 9.86. The molecule has 3 unspecified atom stereocenters. The minimum atomic E-state index is -1.08. The smallest absolute Gasteiger partial charge is 0.157 e. The van der Waals surface area contributed by atoms with Crippen LogP contribution in [0, 0.1) is 11.3 Å². The van der Waals surface area contributed by atoms with E-state index in [4.69, 9.17) is 32.7 Å². The molecule has 0 bridgehead atoms. The molecule has 1 heterocycles. The summed E-state index contributed by atoms with van der Waals surface area (Å²) in [5.41, 5.74) is -0.445. The number of hydrogen-bond donors (Lipinski definition) is 1. The predicted molar refractivity (Wildman–Crippen MR) is 89.6 cm³/mol. The molecule has 6 heteroatoms. The highest BCUT2D eigenvalue weighted by atomic mass is 35.5. The first kappa shape index (κ1) is 18.5. The van der Waals surface area contributed by atoms with Crippen molar-refractivity contribution in [3.63, 3.8) is 0 Å². The monoisotopic (exact) mass is 357 g/mol. The summed E-state index contributed by atoms with van der Waals surface area (Å²) >= 11 is 12.0. The van der Waals surface area contributed by atoms with Gasteiger partial charge in [-0.3, -0.25) is 0 Å². The standard InChI is InChI=1S/C17H21Cl2NO3/c1-12(23-16-4-2-3-7-22-16)9-17(10-20,11-21)13-5-6-14(18)15(19)8-13/h5-6,8,12,16,21H,2-4,7,9,11H2,1H3. The predicted octanol–water partition coefficient (Wildman–Crippen LogP) is 4.07. The molecule has 23 heavy (non-hydrogen) atoms. The molecule has 0 radical (unpaired) electrons. The molecule has 3 atom stereocenters. The van der Waals surface area contributed by atoms with Crippen molar-refractivity contribution in [1.82, 2.24) is 0 Å². The summed E-state index contributed by atoms with van der Waals surface area (Å²) in [4.78, 5) is 0. The molecule has 1 aromatic carbocycles. The van der Waals surface area contributed by atoms with Gasteiger partial charge in [0.25, 0.3) is 0 Å². The normalized spacial score (nSPS) is 22.1. The van der Waals surface area contributed by atoms with Crippen molar-refractivity contribution in [2.45, 2.75) is 50.4 Å². The molecule has 1 aromatic rings. The third kappa shape index (κ3) is 4.59. The highest BCUT2D eigenvalue weighted by Crippen LogP contribution is 2.34. The van der Waals surface area contributed by atoms with Crippen LogP contribution >= 0.6 is 23.2 Å². The van der Waals surface area contributed by atoms with Gasteiger partial charge >= 0.3 is 0 Å². The van der Waals surface area contributed by atoms with E-state index >= 15 is 0 Å². The summed E-state index contributed by atoms with van der Waals surface area (Å²) in [6.45, 7) is 2.27. The van der Waals surface area contributed by atoms with Crippen molar-refractivity contribution in [2.75, 3.05) is 13.2 Å². The summed E-state index contributed by atoms with van der Waals surface area (Å²) in [7, 11) is 0. The molecular formula is C17H21Cl2NO3. The molecule has 0 aromatic heterocycles. The second kappa shape index (κ2) is 8.32. The van der Waals surface area contributed by atoms with Gasteiger partial charge in [0, 0.05) is 6.61 Å². The van der Waals surface area contributed by atoms with Crippen LogP contribution in [-0.4, -0.2) is 30.7 Å². The summed E-state index contributed by atoms with van der Waals surface area (Å²) in [5, 5.41) is 20.3. The molecule has 2 rings (SSSR count). The largest absolute Gasteiger partial charge is 0.394 e. The van der Waals surface area contributed by atoms with Crippen LogP contribution in [0.3, 0.4) is 0 Å². The maximum absolute atomic E-state index is 9.86. The van der Waals surface area contributed by atoms with Crippen LogP contribution in [0.5, 0.6) is 0 Å². The van der Waals surface area contributed by atoms with Crippen molar-refractivity contribution in [3.8, 4) is 6.07 Å². The Morgan fingerprint density at radius 1 is 1.43 bits per heavy atom. The lowest BCUT2D eigenvalue weighted by Crippen LogP contribution is -2.36. The van der Waals surface area contributed by atoms with Crippen LogP contribution in [0.1, 0.15) is 38.2 Å². The number of aliphatic hydroxyl groups excluding tert-OH is 1. The Morgan fingerprint density at radius 3 is 2.78 bits per heavy atom. The van der Waals surface area contributed by atoms with Crippen molar-refractivity contribution in [2.24, 2.45) is 0 Å². The Hall–Kier alpha value is -0.830. The van der Waals surface area contributed by atoms with E-state index in [2.05, 4.69) is 6.07 Å². The fraction of sp³-hybridized carbons (Fsp3) is 0.588. The zero-order chi connectivity index (χ0) is 16.9. The zero-order valence-electron chi connectivity index (χ0n) is 13.1. The number of hydrogen-bond acceptors (Lipinski definition) is 4. The molecule has 126 valence electrons. The Balaban J connectivity index is 2.13. The summed E-state index contributed by atoms with van der Waals surface area (Å²) in [5.74, 6) is 0. The molecule has 1 saturated heterocycles. The van der Waals surface area contributed by atoms with Crippen LogP contribution in [0.2, 0.25) is 10.0 Å². The van der Waals surface area contributed by atoms with Crippen LogP contribution < -0.4 is 0 Å². The van der Waals surface area contributed by atoms with Crippen LogP contribution in [-0.2, 0) is 14.9 Å². The van der Waals surface area contributed by atoms with Gasteiger partial charge in [0.2, 0.25) is 0 Å². The topological polar surface area (TPSA) is 62.5 Å². The minimum absolute atomic E-state index is 0.234. The number of benzene rings is 1. The third-order valence-corrected chi connectivity index (χ3v) is 4.85. The molecule has 0 amide bonds. The number of ether oxygens (including phenoxy) is 2. The van der Waals surface area contributed by atoms with Gasteiger partial charge in [-0.25, -0.2) is 0 Å². The summed E-state index contributed by atoms with van der Waals surface area (Å²) in [6, 6.07) is 7.21. The lowest BCUT2D eigenvalue weighted by atomic mass is 9.78. The van der Waals surface area contributed by atoms with Crippen molar-refractivity contribution < 1.29 is 14.6 Å². The SMILES string of the molecule is CC(CC(C#N)(CO)c1ccc(Cl)c(Cl)c1)OC1CCCCO1. The van der Waals surface area contributed by atoms with E-state index in [1.54, 1.807) is 18.2 Å². The van der Waals surface area contributed by atoms with Gasteiger partial charge in [-0.05, 0) is 50.3 Å². The van der Waals surface area contributed by atoms with E-state index in [1.165, 1.54) is 0 Å². The number of nitrogens with zero attached hydrogens (tertiary/aromatic N) is 1. The van der Waals surface area contributed by atoms with E-state index in [9.17, 15) is 10.4 Å². The first-order valence-corrected chi connectivity index (χ1v) is 8.51. The lowest BCUT2D eigenvalue weighted by molar-refractivity contribution is -0.187. The van der Waals surface area contributed by atoms with Crippen molar-refractivity contribution in [3.05, 3.63) is 33.8 Å². The van der Waals surface area contributed by atoms with Gasteiger partial charge < -0.3 is 14.6 Å². The molecule has 1 N–H and O–H groups in total. The highest BCUT2D eigenvalue weighted by Gasteiger charge is 2.35. The molecular weight excluding hydrogens is 337 g/mol. The Labute approximate surface area is 146 Å². The van der Waals surface area contributed by atoms with Crippen molar-refractivity contribution in [1.29, 1.82) is 5.26 Å². The quantitative estimate of drug-likeness (QED) is 0.833. The Bertz CT molecular complexity index is 569. The Morgan fingerprint density at radius 2 is 2.22 bits per heavy atom. The van der Waals surface area contributed by atoms with E-state index in [0.29, 0.717) is 28.6 Å². The average molecular weight is 358 g/mol. The first-order chi connectivity index (χ1) is 11.0. The minimum Gasteiger partial charge on any atom is -0.394 e. The molecule has 0 saturated carbocycles. The molecule has 1 aliphatic rings. The fourth-order valence-corrected chi connectivity index (χ4v) is 3.13. The van der Waals surface area contributed by atoms with Gasteiger partial charge in [0.1, 0.15) is 5.41 Å². The van der Waals surface area contributed by atoms with Crippen LogP contribution in [0.25, 0.3) is 0 Å². The fourth-order valence-electron chi connectivity index (χ4n) is 2.83. The number of nitriles is 1. The van der Waals surface area contributed by atoms with Gasteiger partial charge in [-0.1, -0.05) is 29.3 Å². The number of aliphatic hydroxyl groups is 1. The second-order valence-electron chi connectivity index (χ2n) is 5.93. The average Bonchev–Trinajstić information content (AvgIpc) is 2.56. The lowest BCUT2D eigenvalue weighted by Gasteiger charge is -2.31. The van der Waals surface area contributed by atoms with E-state index in [1.807, 2.05) is 6.92 Å². The van der Waals surface area contributed by atoms with E-state index < -0.39 is 5.41 Å². The molecule has 1 aliphatic heterocycles. The Kier molecular flexibility index (Phi) is 6.70. The van der Waals surface area contributed by atoms with Crippen LogP contribution in [0.4, 0.5) is 0 Å². The summed E-state index contributed by atoms with van der Waals surface area (Å²) < 4.78 is 11.4. The number of rotatable bonds is 6. The summed E-state index contributed by atoms with van der Waals surface area (Å²) in [6.07, 6.45) is 2.86. The van der Waals surface area contributed by atoms with E-state index in [0.717, 1.165) is 19.3 Å².